The number of hydrogen-bond acceptors (Lipinski definition) is 5. The van der Waals surface area contributed by atoms with Gasteiger partial charge in [0.1, 0.15) is 0 Å². The molecule has 3 rings (SSSR count). The maximum Gasteiger partial charge on any atom is 0.320 e. The highest BCUT2D eigenvalue weighted by Crippen LogP contribution is 2.20. The Morgan fingerprint density at radius 1 is 1.09 bits per heavy atom. The van der Waals surface area contributed by atoms with Crippen LogP contribution in [0.2, 0.25) is 0 Å². The zero-order chi connectivity index (χ0) is 15.4. The van der Waals surface area contributed by atoms with E-state index in [1.807, 2.05) is 61.5 Å². The molecule has 3 aromatic rings. The second-order valence-electron chi connectivity index (χ2n) is 5.24. The lowest BCUT2D eigenvalue weighted by atomic mass is 10.1. The fourth-order valence-electron chi connectivity index (χ4n) is 2.24. The van der Waals surface area contributed by atoms with Crippen molar-refractivity contribution in [1.82, 2.24) is 10.2 Å². The van der Waals surface area contributed by atoms with Crippen LogP contribution in [0.3, 0.4) is 0 Å². The van der Waals surface area contributed by atoms with E-state index in [0.717, 1.165) is 16.8 Å². The van der Waals surface area contributed by atoms with E-state index in [1.165, 1.54) is 0 Å². The lowest BCUT2D eigenvalue weighted by Crippen LogP contribution is -2.13. The molecule has 0 aliphatic carbocycles. The fourth-order valence-corrected chi connectivity index (χ4v) is 2.24. The minimum atomic E-state index is -0.317. The molecule has 0 spiro atoms. The Morgan fingerprint density at radius 2 is 1.91 bits per heavy atom. The number of hydrogen-bond donors (Lipinski definition) is 2. The molecule has 5 nitrogen and oxygen atoms in total. The zero-order valence-electron chi connectivity index (χ0n) is 12.4. The van der Waals surface area contributed by atoms with Gasteiger partial charge in [0.2, 0.25) is 5.89 Å². The Kier molecular flexibility index (Phi) is 4.16. The Labute approximate surface area is 129 Å². The number of nitrogens with two attached hydrogens (primary N) is 1. The molecule has 0 fully saturated rings. The molecule has 0 unspecified atom stereocenters. The van der Waals surface area contributed by atoms with Gasteiger partial charge in [0.15, 0.2) is 0 Å². The summed E-state index contributed by atoms with van der Waals surface area (Å²) in [5.74, 6) is 0.430. The van der Waals surface area contributed by atoms with Crippen molar-refractivity contribution in [3.63, 3.8) is 0 Å². The summed E-state index contributed by atoms with van der Waals surface area (Å²) in [6.45, 7) is 2.03. The summed E-state index contributed by atoms with van der Waals surface area (Å²) in [6, 6.07) is 18.0. The highest BCUT2D eigenvalue weighted by molar-refractivity contribution is 5.52. The number of anilines is 2. The molecule has 0 saturated heterocycles. The van der Waals surface area contributed by atoms with Crippen molar-refractivity contribution >= 4 is 11.7 Å². The molecule has 0 radical (unpaired) electrons. The molecule has 112 valence electrons. The molecule has 1 atom stereocenters. The van der Waals surface area contributed by atoms with Gasteiger partial charge in [-0.25, -0.2) is 0 Å². The fraction of sp³-hybridized carbons (Fsp3) is 0.176. The third-order valence-electron chi connectivity index (χ3n) is 3.33. The third-order valence-corrected chi connectivity index (χ3v) is 3.33. The lowest BCUT2D eigenvalue weighted by Gasteiger charge is -2.06. The topological polar surface area (TPSA) is 77.0 Å². The Morgan fingerprint density at radius 3 is 2.68 bits per heavy atom. The highest BCUT2D eigenvalue weighted by Gasteiger charge is 2.15. The highest BCUT2D eigenvalue weighted by atomic mass is 16.4. The van der Waals surface area contributed by atoms with Crippen LogP contribution in [0.5, 0.6) is 0 Å². The van der Waals surface area contributed by atoms with E-state index >= 15 is 0 Å². The largest absolute Gasteiger partial charge is 0.406 e. The van der Waals surface area contributed by atoms with E-state index in [2.05, 4.69) is 15.5 Å². The first-order chi connectivity index (χ1) is 10.7. The summed E-state index contributed by atoms with van der Waals surface area (Å²) in [6.07, 6.45) is 0.660. The number of nitrogens with one attached hydrogen (secondary N) is 1. The van der Waals surface area contributed by atoms with E-state index < -0.39 is 0 Å². The van der Waals surface area contributed by atoms with Crippen LogP contribution in [-0.4, -0.2) is 10.2 Å². The van der Waals surface area contributed by atoms with Crippen molar-refractivity contribution in [1.29, 1.82) is 0 Å². The first-order valence-electron chi connectivity index (χ1n) is 7.17. The molecule has 0 aliphatic rings. The van der Waals surface area contributed by atoms with Crippen LogP contribution in [0.4, 0.5) is 11.7 Å². The van der Waals surface area contributed by atoms with Gasteiger partial charge in [0, 0.05) is 5.69 Å². The van der Waals surface area contributed by atoms with Crippen LogP contribution in [0.1, 0.15) is 23.1 Å². The number of rotatable bonds is 5. The number of aromatic nitrogens is 2. The van der Waals surface area contributed by atoms with Gasteiger partial charge >= 0.3 is 6.01 Å². The molecule has 5 heteroatoms. The minimum Gasteiger partial charge on any atom is -0.406 e. The third kappa shape index (κ3) is 3.51. The zero-order valence-corrected chi connectivity index (χ0v) is 12.4. The SMILES string of the molecule is Cc1cccc(Nc2nnc([C@@H](N)Cc3ccccc3)o2)c1. The first kappa shape index (κ1) is 14.3. The summed E-state index contributed by atoms with van der Waals surface area (Å²) in [7, 11) is 0. The van der Waals surface area contributed by atoms with Gasteiger partial charge in [-0.1, -0.05) is 47.6 Å². The van der Waals surface area contributed by atoms with E-state index in [0.29, 0.717) is 18.3 Å². The molecule has 2 aromatic carbocycles. The van der Waals surface area contributed by atoms with E-state index in [4.69, 9.17) is 10.2 Å². The second-order valence-corrected chi connectivity index (χ2v) is 5.24. The summed E-state index contributed by atoms with van der Waals surface area (Å²) in [5, 5.41) is 11.1. The molecular formula is C17H18N4O. The van der Waals surface area contributed by atoms with Crippen LogP contribution in [0.25, 0.3) is 0 Å². The van der Waals surface area contributed by atoms with Gasteiger partial charge in [0.25, 0.3) is 0 Å². The average Bonchev–Trinajstić information content (AvgIpc) is 2.97. The summed E-state index contributed by atoms with van der Waals surface area (Å²) in [4.78, 5) is 0. The van der Waals surface area contributed by atoms with Crippen molar-refractivity contribution < 1.29 is 4.42 Å². The average molecular weight is 294 g/mol. The van der Waals surface area contributed by atoms with E-state index in [-0.39, 0.29) is 6.04 Å². The Balaban J connectivity index is 1.68. The van der Waals surface area contributed by atoms with Gasteiger partial charge in [-0.05, 0) is 36.6 Å². The standard InChI is InChI=1S/C17H18N4O/c1-12-6-5-9-14(10-12)19-17-21-20-16(22-17)15(18)11-13-7-3-2-4-8-13/h2-10,15H,11,18H2,1H3,(H,19,21)/t15-/m0/s1. The van der Waals surface area contributed by atoms with Gasteiger partial charge < -0.3 is 15.5 Å². The van der Waals surface area contributed by atoms with Crippen LogP contribution in [0, 0.1) is 6.92 Å². The summed E-state index contributed by atoms with van der Waals surface area (Å²) >= 11 is 0. The molecule has 1 aromatic heterocycles. The normalized spacial score (nSPS) is 12.1. The van der Waals surface area contributed by atoms with Crippen molar-refractivity contribution in [2.24, 2.45) is 5.73 Å². The number of nitrogens with zero attached hydrogens (tertiary/aromatic N) is 2. The maximum absolute atomic E-state index is 6.13. The van der Waals surface area contributed by atoms with E-state index in [9.17, 15) is 0 Å². The van der Waals surface area contributed by atoms with Crippen LogP contribution in [-0.2, 0) is 6.42 Å². The van der Waals surface area contributed by atoms with E-state index in [1.54, 1.807) is 0 Å². The van der Waals surface area contributed by atoms with Crippen molar-refractivity contribution in [3.8, 4) is 0 Å². The first-order valence-corrected chi connectivity index (χ1v) is 7.17. The van der Waals surface area contributed by atoms with Crippen molar-refractivity contribution in [2.45, 2.75) is 19.4 Å². The number of benzene rings is 2. The van der Waals surface area contributed by atoms with Crippen LogP contribution >= 0.6 is 0 Å². The molecule has 0 saturated carbocycles. The predicted molar refractivity (Wildman–Crippen MR) is 85.8 cm³/mol. The monoisotopic (exact) mass is 294 g/mol. The molecular weight excluding hydrogens is 276 g/mol. The second kappa shape index (κ2) is 6.41. The molecule has 3 N–H and O–H groups in total. The van der Waals surface area contributed by atoms with Gasteiger partial charge in [0.05, 0.1) is 6.04 Å². The summed E-state index contributed by atoms with van der Waals surface area (Å²) in [5.41, 5.74) is 9.34. The summed E-state index contributed by atoms with van der Waals surface area (Å²) < 4.78 is 5.60. The van der Waals surface area contributed by atoms with Gasteiger partial charge in [-0.15, -0.1) is 5.10 Å². The van der Waals surface area contributed by atoms with Crippen molar-refractivity contribution in [3.05, 3.63) is 71.6 Å². The maximum atomic E-state index is 6.13. The molecule has 1 heterocycles. The molecule has 22 heavy (non-hydrogen) atoms. The van der Waals surface area contributed by atoms with Crippen LogP contribution in [0.15, 0.2) is 59.0 Å². The lowest BCUT2D eigenvalue weighted by molar-refractivity contribution is 0.459. The smallest absolute Gasteiger partial charge is 0.320 e. The molecule has 0 aliphatic heterocycles. The van der Waals surface area contributed by atoms with Crippen LogP contribution < -0.4 is 11.1 Å². The van der Waals surface area contributed by atoms with Gasteiger partial charge in [-0.2, -0.15) is 0 Å². The quantitative estimate of drug-likeness (QED) is 0.754. The predicted octanol–water partition coefficient (Wildman–Crippen LogP) is 3.36. The van der Waals surface area contributed by atoms with Crippen molar-refractivity contribution in [2.75, 3.05) is 5.32 Å². The van der Waals surface area contributed by atoms with Gasteiger partial charge in [-0.3, -0.25) is 0 Å². The molecule has 0 bridgehead atoms. The Bertz CT molecular complexity index is 739. The molecule has 0 amide bonds. The Hall–Kier alpha value is -2.66. The minimum absolute atomic E-state index is 0.317. The number of aryl methyl sites for hydroxylation is 1.